The van der Waals surface area contributed by atoms with Crippen molar-refractivity contribution in [3.8, 4) is 0 Å². The van der Waals surface area contributed by atoms with Crippen LogP contribution in [0.2, 0.25) is 0 Å². The van der Waals surface area contributed by atoms with Crippen LogP contribution in [0.1, 0.15) is 68.8 Å². The number of urea groups is 1. The fourth-order valence-corrected chi connectivity index (χ4v) is 3.19. The van der Waals surface area contributed by atoms with Gasteiger partial charge in [-0.15, -0.1) is 0 Å². The molecule has 1 fully saturated rings. The van der Waals surface area contributed by atoms with Crippen molar-refractivity contribution >= 4 is 23.7 Å². The Labute approximate surface area is 165 Å². The lowest BCUT2D eigenvalue weighted by atomic mass is 9.93. The largest absolute Gasteiger partial charge is 0.456 e. The molecule has 1 heterocycles. The second kappa shape index (κ2) is 8.99. The van der Waals surface area contributed by atoms with Crippen molar-refractivity contribution < 1.29 is 23.9 Å². The minimum absolute atomic E-state index is 0.335. The monoisotopic (exact) mass is 388 g/mol. The van der Waals surface area contributed by atoms with Gasteiger partial charge < -0.3 is 10.1 Å². The van der Waals surface area contributed by atoms with E-state index in [1.165, 1.54) is 0 Å². The second-order valence-electron chi connectivity index (χ2n) is 7.13. The van der Waals surface area contributed by atoms with Crippen LogP contribution in [0.25, 0.3) is 0 Å². The van der Waals surface area contributed by atoms with Crippen molar-refractivity contribution in [2.24, 2.45) is 0 Å². The minimum atomic E-state index is -0.968. The Hall–Kier alpha value is -2.70. The maximum atomic E-state index is 12.5. The summed E-state index contributed by atoms with van der Waals surface area (Å²) >= 11 is 0. The number of hydrogen-bond donors (Lipinski definition) is 1. The topological polar surface area (TPSA) is 92.8 Å². The Kier molecular flexibility index (Phi) is 6.94. The lowest BCUT2D eigenvalue weighted by molar-refractivity contribution is -0.146. The van der Waals surface area contributed by atoms with Gasteiger partial charge >= 0.3 is 12.0 Å². The van der Waals surface area contributed by atoms with E-state index >= 15 is 0 Å². The van der Waals surface area contributed by atoms with Crippen molar-refractivity contribution in [2.75, 3.05) is 13.2 Å². The van der Waals surface area contributed by atoms with Crippen LogP contribution in [0.4, 0.5) is 4.79 Å². The molecule has 1 aromatic carbocycles. The predicted octanol–water partition coefficient (Wildman–Crippen LogP) is 3.04. The Balaban J connectivity index is 1.91. The number of hydrogen-bond acceptors (Lipinski definition) is 5. The van der Waals surface area contributed by atoms with E-state index in [1.54, 1.807) is 26.0 Å². The Morgan fingerprint density at radius 1 is 1.11 bits per heavy atom. The molecule has 1 aliphatic rings. The number of nitrogens with one attached hydrogen (secondary N) is 1. The molecule has 0 saturated carbocycles. The fourth-order valence-electron chi connectivity index (χ4n) is 3.19. The summed E-state index contributed by atoms with van der Waals surface area (Å²) in [5, 5.41) is 2.64. The molecule has 1 aliphatic heterocycles. The van der Waals surface area contributed by atoms with Gasteiger partial charge in [0.1, 0.15) is 12.1 Å². The summed E-state index contributed by atoms with van der Waals surface area (Å²) in [6, 6.07) is 6.60. The predicted molar refractivity (Wildman–Crippen MR) is 104 cm³/mol. The SMILES string of the molecule is CC[C@@H](C)c1ccc(C(=O)COC(=O)CN2C(=O)NC(CC)(CC)C2=O)cc1. The van der Waals surface area contributed by atoms with Crippen molar-refractivity contribution in [3.05, 3.63) is 35.4 Å². The van der Waals surface area contributed by atoms with Crippen LogP contribution in [0.3, 0.4) is 0 Å². The summed E-state index contributed by atoms with van der Waals surface area (Å²) in [6.07, 6.45) is 1.88. The zero-order valence-electron chi connectivity index (χ0n) is 16.9. The lowest BCUT2D eigenvalue weighted by Gasteiger charge is -2.22. The second-order valence-corrected chi connectivity index (χ2v) is 7.13. The summed E-state index contributed by atoms with van der Waals surface area (Å²) in [7, 11) is 0. The number of ether oxygens (including phenoxy) is 1. The normalized spacial score (nSPS) is 16.6. The molecule has 2 rings (SSSR count). The molecule has 0 spiro atoms. The number of imide groups is 1. The van der Waals surface area contributed by atoms with Crippen molar-refractivity contribution in [1.29, 1.82) is 0 Å². The van der Waals surface area contributed by atoms with E-state index in [-0.39, 0.29) is 5.78 Å². The van der Waals surface area contributed by atoms with E-state index in [2.05, 4.69) is 19.2 Å². The van der Waals surface area contributed by atoms with Crippen molar-refractivity contribution in [3.63, 3.8) is 0 Å². The minimum Gasteiger partial charge on any atom is -0.456 e. The van der Waals surface area contributed by atoms with Gasteiger partial charge in [0, 0.05) is 5.56 Å². The maximum absolute atomic E-state index is 12.5. The van der Waals surface area contributed by atoms with E-state index in [0.29, 0.717) is 24.3 Å². The first-order valence-corrected chi connectivity index (χ1v) is 9.70. The van der Waals surface area contributed by atoms with E-state index in [9.17, 15) is 19.2 Å². The molecule has 0 unspecified atom stereocenters. The molecule has 152 valence electrons. The van der Waals surface area contributed by atoms with E-state index < -0.39 is 36.6 Å². The van der Waals surface area contributed by atoms with Gasteiger partial charge in [0.05, 0.1) is 0 Å². The first-order chi connectivity index (χ1) is 13.3. The van der Waals surface area contributed by atoms with Crippen LogP contribution >= 0.6 is 0 Å². The summed E-state index contributed by atoms with van der Waals surface area (Å²) in [5.74, 6) is -1.16. The van der Waals surface area contributed by atoms with E-state index in [4.69, 9.17) is 4.74 Å². The van der Waals surface area contributed by atoms with Crippen LogP contribution in [-0.2, 0) is 14.3 Å². The van der Waals surface area contributed by atoms with Gasteiger partial charge in [0.2, 0.25) is 0 Å². The molecular formula is C21H28N2O5. The van der Waals surface area contributed by atoms with Crippen molar-refractivity contribution in [1.82, 2.24) is 10.2 Å². The fraction of sp³-hybridized carbons (Fsp3) is 0.524. The van der Waals surface area contributed by atoms with Crippen LogP contribution in [-0.4, -0.2) is 47.3 Å². The Morgan fingerprint density at radius 3 is 2.21 bits per heavy atom. The molecule has 1 saturated heterocycles. The number of carbonyl (C=O) groups excluding carboxylic acids is 4. The van der Waals surface area contributed by atoms with E-state index in [1.807, 2.05) is 12.1 Å². The van der Waals surface area contributed by atoms with Crippen LogP contribution in [0.15, 0.2) is 24.3 Å². The average molecular weight is 388 g/mol. The Bertz CT molecular complexity index is 753. The van der Waals surface area contributed by atoms with Gasteiger partial charge in [-0.1, -0.05) is 52.0 Å². The van der Waals surface area contributed by atoms with Crippen LogP contribution in [0, 0.1) is 0 Å². The zero-order chi connectivity index (χ0) is 20.9. The zero-order valence-corrected chi connectivity index (χ0v) is 16.9. The van der Waals surface area contributed by atoms with Gasteiger partial charge in [-0.25, -0.2) is 4.79 Å². The van der Waals surface area contributed by atoms with Crippen LogP contribution in [0.5, 0.6) is 0 Å². The molecule has 0 bridgehead atoms. The maximum Gasteiger partial charge on any atom is 0.326 e. The molecule has 0 aliphatic carbocycles. The number of carbonyl (C=O) groups is 4. The number of esters is 1. The highest BCUT2D eigenvalue weighted by Crippen LogP contribution is 2.24. The molecule has 7 nitrogen and oxygen atoms in total. The standard InChI is InChI=1S/C21H28N2O5/c1-5-14(4)15-8-10-16(11-9-15)17(24)13-28-18(25)12-23-19(26)21(6-2,7-3)22-20(23)27/h8-11,14H,5-7,12-13H2,1-4H3,(H,22,27)/t14-/m1/s1. The third kappa shape index (κ3) is 4.40. The van der Waals surface area contributed by atoms with E-state index in [0.717, 1.165) is 16.9 Å². The summed E-state index contributed by atoms with van der Waals surface area (Å²) in [6.45, 7) is 6.87. The van der Waals surface area contributed by atoms with Crippen LogP contribution < -0.4 is 5.32 Å². The smallest absolute Gasteiger partial charge is 0.326 e. The highest BCUT2D eigenvalue weighted by molar-refractivity contribution is 6.08. The molecule has 1 N–H and O–H groups in total. The van der Waals surface area contributed by atoms with Gasteiger partial charge in [0.25, 0.3) is 5.91 Å². The first kappa shape index (κ1) is 21.6. The number of Topliss-reactive ketones (excluding diaryl/α,β-unsaturated/α-hetero) is 1. The average Bonchev–Trinajstić information content (AvgIpc) is 2.96. The first-order valence-electron chi connectivity index (χ1n) is 9.70. The molecule has 0 radical (unpaired) electrons. The molecule has 1 aromatic rings. The number of nitrogens with zero attached hydrogens (tertiary/aromatic N) is 1. The molecule has 7 heteroatoms. The molecule has 3 amide bonds. The highest BCUT2D eigenvalue weighted by atomic mass is 16.5. The van der Waals surface area contributed by atoms with Gasteiger partial charge in [-0.2, -0.15) is 0 Å². The molecular weight excluding hydrogens is 360 g/mol. The molecule has 1 atom stereocenters. The number of rotatable bonds is 9. The number of amides is 3. The molecule has 0 aromatic heterocycles. The summed E-state index contributed by atoms with van der Waals surface area (Å²) in [5.41, 5.74) is 0.626. The Morgan fingerprint density at radius 2 is 1.71 bits per heavy atom. The summed E-state index contributed by atoms with van der Waals surface area (Å²) in [4.78, 5) is 49.6. The van der Waals surface area contributed by atoms with Gasteiger partial charge in [0.15, 0.2) is 12.4 Å². The quantitative estimate of drug-likeness (QED) is 0.399. The van der Waals surface area contributed by atoms with Crippen molar-refractivity contribution in [2.45, 2.75) is 58.4 Å². The van der Waals surface area contributed by atoms with Gasteiger partial charge in [-0.3, -0.25) is 19.3 Å². The third-order valence-electron chi connectivity index (χ3n) is 5.52. The van der Waals surface area contributed by atoms with Gasteiger partial charge in [-0.05, 0) is 30.7 Å². The highest BCUT2D eigenvalue weighted by Gasteiger charge is 2.49. The molecule has 28 heavy (non-hydrogen) atoms. The number of benzene rings is 1. The lowest BCUT2D eigenvalue weighted by Crippen LogP contribution is -2.46. The summed E-state index contributed by atoms with van der Waals surface area (Å²) < 4.78 is 4.99. The third-order valence-corrected chi connectivity index (χ3v) is 5.52. The number of ketones is 1.